The van der Waals surface area contributed by atoms with Gasteiger partial charge in [-0.1, -0.05) is 0 Å². The molecular formula is C25H25FN4O5. The predicted octanol–water partition coefficient (Wildman–Crippen LogP) is 3.59. The van der Waals surface area contributed by atoms with Crippen LogP contribution in [0.1, 0.15) is 45.4 Å². The number of amides is 2. The Morgan fingerprint density at radius 2 is 2.03 bits per heavy atom. The molecule has 35 heavy (non-hydrogen) atoms. The minimum atomic E-state index is -0.909. The van der Waals surface area contributed by atoms with Crippen LogP contribution in [-0.2, 0) is 0 Å². The average molecular weight is 480 g/mol. The number of likely N-dealkylation sites (tertiary alicyclic amines) is 1. The van der Waals surface area contributed by atoms with Crippen LogP contribution < -0.4 is 10.1 Å². The molecule has 0 bridgehead atoms. The first-order valence-corrected chi connectivity index (χ1v) is 11.2. The van der Waals surface area contributed by atoms with E-state index >= 15 is 4.39 Å². The van der Waals surface area contributed by atoms with Crippen molar-refractivity contribution in [1.82, 2.24) is 19.8 Å². The molecule has 1 aromatic carbocycles. The second-order valence-corrected chi connectivity index (χ2v) is 9.10. The number of aliphatic hydroxyl groups is 1. The lowest BCUT2D eigenvalue weighted by atomic mass is 10.1. The number of benzene rings is 1. The fourth-order valence-corrected chi connectivity index (χ4v) is 4.64. The van der Waals surface area contributed by atoms with Crippen LogP contribution >= 0.6 is 0 Å². The number of carbonyl (C=O) groups excluding carboxylic acids is 2. The summed E-state index contributed by atoms with van der Waals surface area (Å²) in [4.78, 5) is 26.9. The van der Waals surface area contributed by atoms with Crippen molar-refractivity contribution < 1.29 is 28.2 Å². The van der Waals surface area contributed by atoms with E-state index in [9.17, 15) is 14.7 Å². The molecule has 0 radical (unpaired) electrons. The number of fused-ring (bicyclic) bond motifs is 2. The topological polar surface area (TPSA) is 109 Å². The number of nitrogens with one attached hydrogen (secondary N) is 1. The minimum absolute atomic E-state index is 0.0762. The maximum Gasteiger partial charge on any atom is 0.255 e. The fraction of sp³-hybridized carbons (Fsp3) is 0.320. The van der Waals surface area contributed by atoms with Crippen LogP contribution in [0.15, 0.2) is 35.0 Å². The van der Waals surface area contributed by atoms with E-state index in [-0.39, 0.29) is 35.3 Å². The normalized spacial score (nSPS) is 17.9. The lowest BCUT2D eigenvalue weighted by Gasteiger charge is -2.18. The largest absolute Gasteiger partial charge is 0.457 e. The number of β-amino-alcohol motifs (C(OH)–C–C–N with tert-alkyl or cyclic N) is 1. The van der Waals surface area contributed by atoms with Gasteiger partial charge >= 0.3 is 0 Å². The van der Waals surface area contributed by atoms with E-state index < -0.39 is 11.4 Å². The molecule has 0 saturated carbocycles. The van der Waals surface area contributed by atoms with Crippen molar-refractivity contribution >= 4 is 28.3 Å². The Balaban J connectivity index is 1.53. The van der Waals surface area contributed by atoms with E-state index in [0.717, 1.165) is 0 Å². The number of rotatable bonds is 4. The van der Waals surface area contributed by atoms with E-state index in [1.807, 2.05) is 0 Å². The highest BCUT2D eigenvalue weighted by molar-refractivity contribution is 6.07. The molecule has 182 valence electrons. The first-order chi connectivity index (χ1) is 16.6. The highest BCUT2D eigenvalue weighted by atomic mass is 19.1. The molecule has 3 aromatic heterocycles. The van der Waals surface area contributed by atoms with Gasteiger partial charge in [0.2, 0.25) is 5.82 Å². The zero-order valence-electron chi connectivity index (χ0n) is 19.8. The first-order valence-electron chi connectivity index (χ1n) is 11.2. The van der Waals surface area contributed by atoms with E-state index in [1.165, 1.54) is 23.8 Å². The maximum absolute atomic E-state index is 15.4. The molecule has 1 aliphatic rings. The van der Waals surface area contributed by atoms with Crippen molar-refractivity contribution in [2.45, 2.75) is 32.8 Å². The number of hydrogen-bond donors (Lipinski definition) is 2. The SMILES string of the molecule is CNC(=O)c1c(C)oc2c(F)c(Oc3ccnn4cc(C(=O)N5CC[C@](C)(O)C5)c(C)c34)ccc12. The van der Waals surface area contributed by atoms with Gasteiger partial charge in [-0.2, -0.15) is 9.49 Å². The fourth-order valence-electron chi connectivity index (χ4n) is 4.64. The highest BCUT2D eigenvalue weighted by Crippen LogP contribution is 2.37. The highest BCUT2D eigenvalue weighted by Gasteiger charge is 2.35. The number of ether oxygens (including phenoxy) is 1. The Labute approximate surface area is 200 Å². The Kier molecular flexibility index (Phi) is 5.28. The van der Waals surface area contributed by atoms with Crippen LogP contribution in [0.2, 0.25) is 0 Å². The quantitative estimate of drug-likeness (QED) is 0.462. The summed E-state index contributed by atoms with van der Waals surface area (Å²) in [5.74, 6) is -0.809. The van der Waals surface area contributed by atoms with Crippen LogP contribution in [0.5, 0.6) is 11.5 Å². The molecule has 1 aliphatic heterocycles. The van der Waals surface area contributed by atoms with Gasteiger partial charge in [0.15, 0.2) is 17.1 Å². The maximum atomic E-state index is 15.4. The van der Waals surface area contributed by atoms with Gasteiger partial charge in [0, 0.05) is 37.8 Å². The second kappa shape index (κ2) is 8.09. The summed E-state index contributed by atoms with van der Waals surface area (Å²) in [6, 6.07) is 4.60. The van der Waals surface area contributed by atoms with Crippen LogP contribution in [0.4, 0.5) is 4.39 Å². The van der Waals surface area contributed by atoms with E-state index in [4.69, 9.17) is 9.15 Å². The number of hydrogen-bond acceptors (Lipinski definition) is 6. The molecule has 4 heterocycles. The van der Waals surface area contributed by atoms with Crippen molar-refractivity contribution in [1.29, 1.82) is 0 Å². The summed E-state index contributed by atoms with van der Waals surface area (Å²) in [5, 5.41) is 17.4. The molecule has 2 amide bonds. The number of furan rings is 1. The molecular weight excluding hydrogens is 455 g/mol. The number of aromatic nitrogens is 2. The second-order valence-electron chi connectivity index (χ2n) is 9.10. The van der Waals surface area contributed by atoms with Crippen molar-refractivity contribution in [3.8, 4) is 11.5 Å². The van der Waals surface area contributed by atoms with E-state index in [2.05, 4.69) is 10.4 Å². The number of aryl methyl sites for hydroxylation is 2. The third-order valence-corrected chi connectivity index (χ3v) is 6.47. The predicted molar refractivity (Wildman–Crippen MR) is 125 cm³/mol. The van der Waals surface area contributed by atoms with Crippen molar-refractivity contribution in [2.24, 2.45) is 0 Å². The standard InChI is InChI=1S/C25H25FN4O5/c1-13-16(24(32)29-10-8-25(3,33)12-29)11-30-21(13)18(7-9-28-30)35-17-6-5-15-19(23(31)27-4)14(2)34-22(15)20(17)26/h5-7,9,11,33H,8,10,12H2,1-4H3,(H,27,31)/t25-/m0/s1. The van der Waals surface area contributed by atoms with Crippen molar-refractivity contribution in [3.05, 3.63) is 58.9 Å². The van der Waals surface area contributed by atoms with E-state index in [0.29, 0.717) is 46.5 Å². The van der Waals surface area contributed by atoms with Crippen LogP contribution in [-0.4, -0.2) is 57.2 Å². The molecule has 1 saturated heterocycles. The third-order valence-electron chi connectivity index (χ3n) is 6.47. The molecule has 0 unspecified atom stereocenters. The smallest absolute Gasteiger partial charge is 0.255 e. The molecule has 1 fully saturated rings. The Morgan fingerprint density at radius 1 is 1.26 bits per heavy atom. The Hall–Kier alpha value is -3.92. The summed E-state index contributed by atoms with van der Waals surface area (Å²) in [5.41, 5.74) is 0.857. The van der Waals surface area contributed by atoms with Crippen LogP contribution in [0.25, 0.3) is 16.5 Å². The summed E-state index contributed by atoms with van der Waals surface area (Å²) >= 11 is 0. The van der Waals surface area contributed by atoms with Crippen molar-refractivity contribution in [2.75, 3.05) is 20.1 Å². The lowest BCUT2D eigenvalue weighted by molar-refractivity contribution is 0.0572. The molecule has 2 N–H and O–H groups in total. The van der Waals surface area contributed by atoms with E-state index in [1.54, 1.807) is 44.0 Å². The van der Waals surface area contributed by atoms with Gasteiger partial charge < -0.3 is 24.5 Å². The van der Waals surface area contributed by atoms with Crippen molar-refractivity contribution in [3.63, 3.8) is 0 Å². The number of halogens is 1. The summed E-state index contributed by atoms with van der Waals surface area (Å²) in [7, 11) is 1.49. The molecule has 1 atom stereocenters. The van der Waals surface area contributed by atoms with Gasteiger partial charge in [-0.3, -0.25) is 9.59 Å². The summed E-state index contributed by atoms with van der Waals surface area (Å²) in [6.45, 7) is 5.79. The zero-order chi connectivity index (χ0) is 25.1. The monoisotopic (exact) mass is 480 g/mol. The average Bonchev–Trinajstić information content (AvgIpc) is 3.47. The molecule has 9 nitrogen and oxygen atoms in total. The van der Waals surface area contributed by atoms with Gasteiger partial charge in [0.1, 0.15) is 11.3 Å². The molecule has 4 aromatic rings. The minimum Gasteiger partial charge on any atom is -0.457 e. The first kappa shape index (κ1) is 22.9. The molecule has 0 aliphatic carbocycles. The molecule has 5 rings (SSSR count). The Bertz CT molecular complexity index is 1500. The van der Waals surface area contributed by atoms with Gasteiger partial charge in [0.25, 0.3) is 11.8 Å². The number of carbonyl (C=O) groups is 2. The van der Waals surface area contributed by atoms with Gasteiger partial charge in [-0.25, -0.2) is 4.52 Å². The van der Waals surface area contributed by atoms with Crippen LogP contribution in [0, 0.1) is 19.7 Å². The van der Waals surface area contributed by atoms with Crippen LogP contribution in [0.3, 0.4) is 0 Å². The summed E-state index contributed by atoms with van der Waals surface area (Å²) < 4.78 is 28.4. The molecule has 10 heteroatoms. The lowest BCUT2D eigenvalue weighted by Crippen LogP contribution is -2.34. The van der Waals surface area contributed by atoms with Gasteiger partial charge in [-0.15, -0.1) is 0 Å². The molecule has 0 spiro atoms. The van der Waals surface area contributed by atoms with Gasteiger partial charge in [0.05, 0.1) is 22.9 Å². The summed E-state index contributed by atoms with van der Waals surface area (Å²) in [6.07, 6.45) is 3.61. The third kappa shape index (κ3) is 3.70. The zero-order valence-corrected chi connectivity index (χ0v) is 19.8. The van der Waals surface area contributed by atoms with Gasteiger partial charge in [-0.05, 0) is 44.9 Å². The number of nitrogens with zero attached hydrogens (tertiary/aromatic N) is 3. The Morgan fingerprint density at radius 3 is 2.71 bits per heavy atom.